The summed E-state index contributed by atoms with van der Waals surface area (Å²) in [7, 11) is 4.04. The lowest BCUT2D eigenvalue weighted by atomic mass is 10.1. The van der Waals surface area contributed by atoms with Crippen molar-refractivity contribution >= 4 is 45.0 Å². The first-order valence-electron chi connectivity index (χ1n) is 9.17. The van der Waals surface area contributed by atoms with Crippen molar-refractivity contribution in [3.05, 3.63) is 58.1 Å². The molecule has 28 heavy (non-hydrogen) atoms. The van der Waals surface area contributed by atoms with E-state index in [0.717, 1.165) is 44.1 Å². The second-order valence-electron chi connectivity index (χ2n) is 7.56. The van der Waals surface area contributed by atoms with Gasteiger partial charge in [-0.1, -0.05) is 34.6 Å². The number of carbonyl (C=O) groups excluding carboxylic acids is 1. The SMILES string of the molecule is Cc1cc(C)cc(C(=O)N(CCN(C)C)c2nc3c(C)cc(C)cc3s2)c1.Cl. The minimum atomic E-state index is 0. The number of rotatable bonds is 5. The molecule has 0 bridgehead atoms. The Kier molecular flexibility index (Phi) is 7.21. The standard InChI is InChI=1S/C22H27N3OS.ClH/c1-14-9-15(2)12-18(11-14)21(26)25(8-7-24(5)6)22-23-20-17(4)10-16(3)13-19(20)27-22;/h9-13H,7-8H2,1-6H3;1H. The Morgan fingerprint density at radius 1 is 0.929 bits per heavy atom. The molecule has 0 N–H and O–H groups in total. The summed E-state index contributed by atoms with van der Waals surface area (Å²) in [6, 6.07) is 10.3. The number of hydrogen-bond donors (Lipinski definition) is 0. The highest BCUT2D eigenvalue weighted by molar-refractivity contribution is 7.22. The van der Waals surface area contributed by atoms with E-state index in [2.05, 4.69) is 36.9 Å². The Morgan fingerprint density at radius 3 is 2.14 bits per heavy atom. The number of likely N-dealkylation sites (N-methyl/N-ethyl adjacent to an activating group) is 1. The highest BCUT2D eigenvalue weighted by atomic mass is 35.5. The van der Waals surface area contributed by atoms with Crippen molar-refractivity contribution in [3.8, 4) is 0 Å². The normalized spacial score (nSPS) is 11.0. The van der Waals surface area contributed by atoms with Crippen LogP contribution < -0.4 is 4.90 Å². The van der Waals surface area contributed by atoms with Gasteiger partial charge in [-0.25, -0.2) is 4.98 Å². The Hall–Kier alpha value is -1.95. The Balaban J connectivity index is 0.00000280. The van der Waals surface area contributed by atoms with Crippen LogP contribution in [0.3, 0.4) is 0 Å². The smallest absolute Gasteiger partial charge is 0.260 e. The number of fused-ring (bicyclic) bond motifs is 1. The predicted molar refractivity (Wildman–Crippen MR) is 122 cm³/mol. The lowest BCUT2D eigenvalue weighted by Crippen LogP contribution is -2.36. The first-order valence-corrected chi connectivity index (χ1v) is 9.99. The van der Waals surface area contributed by atoms with Gasteiger partial charge in [0.15, 0.2) is 5.13 Å². The van der Waals surface area contributed by atoms with Gasteiger partial charge in [0.05, 0.1) is 10.2 Å². The van der Waals surface area contributed by atoms with Crippen LogP contribution in [0, 0.1) is 27.7 Å². The van der Waals surface area contributed by atoms with Gasteiger partial charge in [0.25, 0.3) is 5.91 Å². The minimum absolute atomic E-state index is 0. The summed E-state index contributed by atoms with van der Waals surface area (Å²) in [4.78, 5) is 22.1. The molecule has 6 heteroatoms. The lowest BCUT2D eigenvalue weighted by Gasteiger charge is -2.22. The van der Waals surface area contributed by atoms with Crippen LogP contribution in [0.5, 0.6) is 0 Å². The van der Waals surface area contributed by atoms with E-state index >= 15 is 0 Å². The van der Waals surface area contributed by atoms with E-state index in [1.54, 1.807) is 11.3 Å². The van der Waals surface area contributed by atoms with Crippen molar-refractivity contribution < 1.29 is 4.79 Å². The topological polar surface area (TPSA) is 36.4 Å². The molecule has 0 atom stereocenters. The highest BCUT2D eigenvalue weighted by Crippen LogP contribution is 2.32. The van der Waals surface area contributed by atoms with Crippen molar-refractivity contribution in [1.82, 2.24) is 9.88 Å². The second-order valence-corrected chi connectivity index (χ2v) is 8.57. The molecule has 2 aromatic carbocycles. The quantitative estimate of drug-likeness (QED) is 0.575. The predicted octanol–water partition coefficient (Wildman–Crippen LogP) is 5.16. The van der Waals surface area contributed by atoms with Gasteiger partial charge in [-0.2, -0.15) is 0 Å². The molecule has 1 aromatic heterocycles. The van der Waals surface area contributed by atoms with Crippen molar-refractivity contribution in [2.24, 2.45) is 0 Å². The van der Waals surface area contributed by atoms with Gasteiger partial charge in [-0.15, -0.1) is 12.4 Å². The molecule has 0 aliphatic carbocycles. The van der Waals surface area contributed by atoms with Gasteiger partial charge < -0.3 is 4.90 Å². The zero-order valence-corrected chi connectivity index (χ0v) is 19.0. The number of aromatic nitrogens is 1. The molecule has 3 rings (SSSR count). The van der Waals surface area contributed by atoms with Gasteiger partial charge in [0, 0.05) is 18.7 Å². The fourth-order valence-corrected chi connectivity index (χ4v) is 4.48. The van der Waals surface area contributed by atoms with Gasteiger partial charge in [0.1, 0.15) is 0 Å². The van der Waals surface area contributed by atoms with Crippen LogP contribution in [0.2, 0.25) is 0 Å². The van der Waals surface area contributed by atoms with Crippen LogP contribution in [-0.2, 0) is 0 Å². The molecule has 0 radical (unpaired) electrons. The number of amides is 1. The maximum Gasteiger partial charge on any atom is 0.260 e. The van der Waals surface area contributed by atoms with E-state index in [1.807, 2.05) is 45.0 Å². The maximum atomic E-state index is 13.4. The summed E-state index contributed by atoms with van der Waals surface area (Å²) in [6.07, 6.45) is 0. The number of halogens is 1. The van der Waals surface area contributed by atoms with Gasteiger partial charge in [-0.3, -0.25) is 9.69 Å². The Labute approximate surface area is 177 Å². The van der Waals surface area contributed by atoms with E-state index in [1.165, 1.54) is 5.56 Å². The molecule has 1 amide bonds. The van der Waals surface area contributed by atoms with Crippen LogP contribution in [-0.4, -0.2) is 43.0 Å². The second kappa shape index (κ2) is 9.03. The summed E-state index contributed by atoms with van der Waals surface area (Å²) in [5, 5.41) is 0.768. The first kappa shape index (κ1) is 22.3. The van der Waals surface area contributed by atoms with Crippen LogP contribution in [0.25, 0.3) is 10.2 Å². The largest absolute Gasteiger partial charge is 0.308 e. The molecule has 0 saturated heterocycles. The molecule has 0 unspecified atom stereocenters. The lowest BCUT2D eigenvalue weighted by molar-refractivity contribution is 0.0985. The average molecular weight is 418 g/mol. The van der Waals surface area contributed by atoms with Crippen LogP contribution in [0.4, 0.5) is 5.13 Å². The monoisotopic (exact) mass is 417 g/mol. The number of hydrogen-bond acceptors (Lipinski definition) is 4. The van der Waals surface area contributed by atoms with Gasteiger partial charge >= 0.3 is 0 Å². The summed E-state index contributed by atoms with van der Waals surface area (Å²) < 4.78 is 1.13. The van der Waals surface area contributed by atoms with E-state index in [0.29, 0.717) is 6.54 Å². The molecule has 1 heterocycles. The molecule has 150 valence electrons. The average Bonchev–Trinajstić information content (AvgIpc) is 2.97. The number of carbonyl (C=O) groups is 1. The zero-order valence-electron chi connectivity index (χ0n) is 17.4. The maximum absolute atomic E-state index is 13.4. The Morgan fingerprint density at radius 2 is 1.54 bits per heavy atom. The molecule has 0 aliphatic rings. The van der Waals surface area contributed by atoms with Crippen molar-refractivity contribution in [2.45, 2.75) is 27.7 Å². The molecule has 0 saturated carbocycles. The summed E-state index contributed by atoms with van der Waals surface area (Å²) in [6.45, 7) is 9.61. The van der Waals surface area contributed by atoms with E-state index in [-0.39, 0.29) is 18.3 Å². The highest BCUT2D eigenvalue weighted by Gasteiger charge is 2.22. The number of thiazole rings is 1. The summed E-state index contributed by atoms with van der Waals surface area (Å²) in [5.41, 5.74) is 6.28. The van der Waals surface area contributed by atoms with E-state index in [4.69, 9.17) is 4.98 Å². The summed E-state index contributed by atoms with van der Waals surface area (Å²) >= 11 is 1.59. The fourth-order valence-electron chi connectivity index (χ4n) is 3.31. The summed E-state index contributed by atoms with van der Waals surface area (Å²) in [5.74, 6) is 0.0112. The van der Waals surface area contributed by atoms with E-state index < -0.39 is 0 Å². The number of anilines is 1. The molecule has 4 nitrogen and oxygen atoms in total. The third-order valence-electron chi connectivity index (χ3n) is 4.53. The zero-order chi connectivity index (χ0) is 19.7. The van der Waals surface area contributed by atoms with Crippen LogP contribution in [0.15, 0.2) is 30.3 Å². The fraction of sp³-hybridized carbons (Fsp3) is 0.364. The molecule has 0 spiro atoms. The van der Waals surface area contributed by atoms with Crippen LogP contribution in [0.1, 0.15) is 32.6 Å². The molecular weight excluding hydrogens is 390 g/mol. The minimum Gasteiger partial charge on any atom is -0.308 e. The van der Waals surface area contributed by atoms with Gasteiger partial charge in [-0.05, 0) is 71.1 Å². The van der Waals surface area contributed by atoms with Crippen LogP contribution >= 0.6 is 23.7 Å². The van der Waals surface area contributed by atoms with Crippen molar-refractivity contribution in [1.29, 1.82) is 0 Å². The first-order chi connectivity index (χ1) is 12.7. The van der Waals surface area contributed by atoms with E-state index in [9.17, 15) is 4.79 Å². The molecule has 0 aliphatic heterocycles. The Bertz CT molecular complexity index is 977. The third kappa shape index (κ3) is 4.90. The molecular formula is C22H28ClN3OS. The van der Waals surface area contributed by atoms with Gasteiger partial charge in [0.2, 0.25) is 0 Å². The number of nitrogens with zero attached hydrogens (tertiary/aromatic N) is 3. The van der Waals surface area contributed by atoms with Crippen molar-refractivity contribution in [3.63, 3.8) is 0 Å². The molecule has 0 fully saturated rings. The molecule has 3 aromatic rings. The third-order valence-corrected chi connectivity index (χ3v) is 5.56. The van der Waals surface area contributed by atoms with Crippen molar-refractivity contribution in [2.75, 3.05) is 32.1 Å². The number of aryl methyl sites for hydroxylation is 4. The number of benzene rings is 2.